The number of piperazine rings is 1. The van der Waals surface area contributed by atoms with Gasteiger partial charge in [0.1, 0.15) is 0 Å². The van der Waals surface area contributed by atoms with Crippen LogP contribution >= 0.6 is 0 Å². The predicted octanol–water partition coefficient (Wildman–Crippen LogP) is 1.59. The molecule has 23 heavy (non-hydrogen) atoms. The monoisotopic (exact) mass is 310 g/mol. The molecule has 1 saturated heterocycles. The Bertz CT molecular complexity index is 658. The van der Waals surface area contributed by atoms with Crippen LogP contribution in [0.25, 0.3) is 11.3 Å². The Labute approximate surface area is 136 Å². The van der Waals surface area contributed by atoms with Gasteiger partial charge in [0.25, 0.3) is 0 Å². The van der Waals surface area contributed by atoms with Crippen LogP contribution in [-0.2, 0) is 6.54 Å². The summed E-state index contributed by atoms with van der Waals surface area (Å²) >= 11 is 0. The largest absolute Gasteiger partial charge is 0.366 e. The molecule has 0 atom stereocenters. The van der Waals surface area contributed by atoms with Gasteiger partial charge >= 0.3 is 0 Å². The van der Waals surface area contributed by atoms with E-state index in [4.69, 9.17) is 5.73 Å². The zero-order chi connectivity index (χ0) is 16.2. The van der Waals surface area contributed by atoms with E-state index in [1.54, 1.807) is 12.1 Å². The van der Waals surface area contributed by atoms with Gasteiger partial charge in [-0.15, -0.1) is 0 Å². The Morgan fingerprint density at radius 2 is 1.78 bits per heavy atom. The Morgan fingerprint density at radius 3 is 2.35 bits per heavy atom. The fraction of sp³-hybridized carbons (Fsp3) is 0.333. The number of rotatable bonds is 4. The fourth-order valence-corrected chi connectivity index (χ4v) is 2.76. The number of hydrogen-bond donors (Lipinski definition) is 1. The molecule has 3 rings (SSSR count). The third-order valence-electron chi connectivity index (χ3n) is 4.29. The zero-order valence-corrected chi connectivity index (χ0v) is 13.4. The molecule has 0 saturated carbocycles. The second-order valence-electron chi connectivity index (χ2n) is 6.07. The molecule has 5 heteroatoms. The first-order valence-electron chi connectivity index (χ1n) is 7.88. The first kappa shape index (κ1) is 15.6. The van der Waals surface area contributed by atoms with Crippen molar-refractivity contribution in [3.8, 4) is 11.3 Å². The van der Waals surface area contributed by atoms with Crippen LogP contribution < -0.4 is 5.73 Å². The van der Waals surface area contributed by atoms with E-state index in [0.717, 1.165) is 44.0 Å². The summed E-state index contributed by atoms with van der Waals surface area (Å²) in [5.41, 5.74) is 8.89. The summed E-state index contributed by atoms with van der Waals surface area (Å²) in [5.74, 6) is -0.410. The molecular formula is C18H22N4O. The zero-order valence-electron chi connectivity index (χ0n) is 13.4. The minimum Gasteiger partial charge on any atom is -0.366 e. The first-order chi connectivity index (χ1) is 11.1. The van der Waals surface area contributed by atoms with Gasteiger partial charge in [-0.3, -0.25) is 14.7 Å². The molecule has 0 radical (unpaired) electrons. The van der Waals surface area contributed by atoms with E-state index in [1.165, 1.54) is 5.56 Å². The van der Waals surface area contributed by atoms with Crippen molar-refractivity contribution < 1.29 is 4.79 Å². The summed E-state index contributed by atoms with van der Waals surface area (Å²) in [7, 11) is 2.16. The molecular weight excluding hydrogens is 288 g/mol. The first-order valence-corrected chi connectivity index (χ1v) is 7.88. The number of carbonyl (C=O) groups is 1. The SMILES string of the molecule is CN1CCN(Cc2ccc(-c3ccc(C(N)=O)cc3)nc2)CC1. The van der Waals surface area contributed by atoms with E-state index < -0.39 is 5.91 Å². The molecule has 1 aliphatic heterocycles. The predicted molar refractivity (Wildman–Crippen MR) is 91.0 cm³/mol. The lowest BCUT2D eigenvalue weighted by Gasteiger charge is -2.32. The van der Waals surface area contributed by atoms with Gasteiger partial charge in [0, 0.05) is 50.0 Å². The molecule has 1 aromatic carbocycles. The average Bonchev–Trinajstić information content (AvgIpc) is 2.58. The van der Waals surface area contributed by atoms with Crippen molar-refractivity contribution in [2.45, 2.75) is 6.54 Å². The summed E-state index contributed by atoms with van der Waals surface area (Å²) < 4.78 is 0. The third-order valence-corrected chi connectivity index (χ3v) is 4.29. The number of primary amides is 1. The number of likely N-dealkylation sites (N-methyl/N-ethyl adjacent to an activating group) is 1. The summed E-state index contributed by atoms with van der Waals surface area (Å²) in [6.45, 7) is 5.40. The second-order valence-corrected chi connectivity index (χ2v) is 6.07. The van der Waals surface area contributed by atoms with Crippen molar-refractivity contribution in [2.24, 2.45) is 5.73 Å². The highest BCUT2D eigenvalue weighted by molar-refractivity contribution is 5.93. The van der Waals surface area contributed by atoms with E-state index in [2.05, 4.69) is 27.9 Å². The molecule has 2 aromatic rings. The van der Waals surface area contributed by atoms with Crippen LogP contribution in [0.2, 0.25) is 0 Å². The molecule has 1 amide bonds. The third kappa shape index (κ3) is 3.94. The van der Waals surface area contributed by atoms with Gasteiger partial charge in [-0.25, -0.2) is 0 Å². The summed E-state index contributed by atoms with van der Waals surface area (Å²) in [4.78, 5) is 20.5. The molecule has 1 aromatic heterocycles. The van der Waals surface area contributed by atoms with Gasteiger partial charge < -0.3 is 10.6 Å². The molecule has 120 valence electrons. The number of nitrogens with zero attached hydrogens (tertiary/aromatic N) is 3. The lowest BCUT2D eigenvalue weighted by molar-refractivity contribution is 0.100. The molecule has 5 nitrogen and oxygen atoms in total. The van der Waals surface area contributed by atoms with E-state index >= 15 is 0 Å². The van der Waals surface area contributed by atoms with E-state index in [1.807, 2.05) is 24.4 Å². The lowest BCUT2D eigenvalue weighted by Crippen LogP contribution is -2.43. The molecule has 0 bridgehead atoms. The van der Waals surface area contributed by atoms with Gasteiger partial charge in [0.15, 0.2) is 0 Å². The standard InChI is InChI=1S/C18H22N4O/c1-21-8-10-22(11-9-21)13-14-2-7-17(20-12-14)15-3-5-16(6-4-15)18(19)23/h2-7,12H,8-11,13H2,1H3,(H2,19,23). The highest BCUT2D eigenvalue weighted by atomic mass is 16.1. The van der Waals surface area contributed by atoms with Crippen LogP contribution in [0.1, 0.15) is 15.9 Å². The Kier molecular flexibility index (Phi) is 4.69. The molecule has 0 spiro atoms. The Hall–Kier alpha value is -2.24. The van der Waals surface area contributed by atoms with Gasteiger partial charge in [-0.2, -0.15) is 0 Å². The van der Waals surface area contributed by atoms with Crippen LogP contribution in [0.5, 0.6) is 0 Å². The molecule has 0 unspecified atom stereocenters. The van der Waals surface area contributed by atoms with Gasteiger partial charge in [0.05, 0.1) is 5.69 Å². The van der Waals surface area contributed by atoms with E-state index in [-0.39, 0.29) is 0 Å². The number of aromatic nitrogens is 1. The Morgan fingerprint density at radius 1 is 1.09 bits per heavy atom. The number of nitrogens with two attached hydrogens (primary N) is 1. The van der Waals surface area contributed by atoms with Crippen LogP contribution in [0.15, 0.2) is 42.6 Å². The quantitative estimate of drug-likeness (QED) is 0.931. The maximum Gasteiger partial charge on any atom is 0.248 e. The highest BCUT2D eigenvalue weighted by Gasteiger charge is 2.14. The van der Waals surface area contributed by atoms with E-state index in [0.29, 0.717) is 5.56 Å². The van der Waals surface area contributed by atoms with Crippen molar-refractivity contribution in [1.29, 1.82) is 0 Å². The summed E-state index contributed by atoms with van der Waals surface area (Å²) in [6, 6.07) is 11.4. The number of benzene rings is 1. The Balaban J connectivity index is 1.65. The number of amides is 1. The molecule has 2 heterocycles. The summed E-state index contributed by atoms with van der Waals surface area (Å²) in [5, 5.41) is 0. The van der Waals surface area contributed by atoms with Gasteiger partial charge in [-0.1, -0.05) is 18.2 Å². The number of carbonyl (C=O) groups excluding carboxylic acids is 1. The number of pyridine rings is 1. The fourth-order valence-electron chi connectivity index (χ4n) is 2.76. The number of hydrogen-bond acceptors (Lipinski definition) is 4. The topological polar surface area (TPSA) is 62.5 Å². The van der Waals surface area contributed by atoms with Gasteiger partial charge in [-0.05, 0) is 30.8 Å². The van der Waals surface area contributed by atoms with Crippen molar-refractivity contribution in [3.05, 3.63) is 53.7 Å². The van der Waals surface area contributed by atoms with Crippen molar-refractivity contribution in [3.63, 3.8) is 0 Å². The molecule has 0 aliphatic carbocycles. The van der Waals surface area contributed by atoms with Crippen molar-refractivity contribution in [2.75, 3.05) is 33.2 Å². The highest BCUT2D eigenvalue weighted by Crippen LogP contribution is 2.18. The molecule has 1 fully saturated rings. The minimum atomic E-state index is -0.410. The second kappa shape index (κ2) is 6.89. The van der Waals surface area contributed by atoms with Crippen LogP contribution in [-0.4, -0.2) is 53.9 Å². The van der Waals surface area contributed by atoms with Crippen molar-refractivity contribution in [1.82, 2.24) is 14.8 Å². The van der Waals surface area contributed by atoms with E-state index in [9.17, 15) is 4.79 Å². The van der Waals surface area contributed by atoms with Gasteiger partial charge in [0.2, 0.25) is 5.91 Å². The van der Waals surface area contributed by atoms with Crippen molar-refractivity contribution >= 4 is 5.91 Å². The maximum absolute atomic E-state index is 11.1. The van der Waals surface area contributed by atoms with Crippen LogP contribution in [0, 0.1) is 0 Å². The normalized spacial score (nSPS) is 16.4. The average molecular weight is 310 g/mol. The summed E-state index contributed by atoms with van der Waals surface area (Å²) in [6.07, 6.45) is 1.94. The minimum absolute atomic E-state index is 0.410. The smallest absolute Gasteiger partial charge is 0.248 e. The maximum atomic E-state index is 11.1. The lowest BCUT2D eigenvalue weighted by atomic mass is 10.1. The molecule has 2 N–H and O–H groups in total. The van der Waals surface area contributed by atoms with Crippen LogP contribution in [0.4, 0.5) is 0 Å². The molecule has 1 aliphatic rings. The van der Waals surface area contributed by atoms with Crippen LogP contribution in [0.3, 0.4) is 0 Å².